The number of thiazole rings is 1. The Bertz CT molecular complexity index is 1620. The number of ketones is 1. The fraction of sp³-hybridized carbons (Fsp3) is 0.233. The number of aliphatic hydroxyl groups is 1. The molecule has 0 radical (unpaired) electrons. The lowest BCUT2D eigenvalue weighted by Gasteiger charge is -2.24. The van der Waals surface area contributed by atoms with Crippen molar-refractivity contribution in [3.05, 3.63) is 76.9 Å². The quantitative estimate of drug-likeness (QED) is 0.167. The molecular formula is C30H28N2O7S. The molecule has 1 aliphatic rings. The van der Waals surface area contributed by atoms with Crippen molar-refractivity contribution < 1.29 is 33.6 Å². The van der Waals surface area contributed by atoms with Crippen LogP contribution in [0.2, 0.25) is 0 Å². The van der Waals surface area contributed by atoms with E-state index in [1.54, 1.807) is 36.4 Å². The fourth-order valence-corrected chi connectivity index (χ4v) is 5.74. The zero-order valence-electron chi connectivity index (χ0n) is 22.7. The summed E-state index contributed by atoms with van der Waals surface area (Å²) in [5, 5.41) is 11.7. The standard InChI is InChI=1S/C30H28N2O7S/c1-6-39-19-11-12-20-23(15-19)40-30(31-20)32-25(18-13-21(36-3)28(38-5)22(14-18)37-4)24(27(34)29(32)35)26(33)17-9-7-16(2)8-10-17/h7-15,25,33H,6H2,1-5H3/b26-24+/t25-/m0/s1. The maximum atomic E-state index is 13.7. The van der Waals surface area contributed by atoms with Crippen LogP contribution in [0.15, 0.2) is 60.2 Å². The number of benzene rings is 3. The summed E-state index contributed by atoms with van der Waals surface area (Å²) in [6, 6.07) is 14.8. The zero-order chi connectivity index (χ0) is 28.6. The molecule has 40 heavy (non-hydrogen) atoms. The number of amides is 1. The van der Waals surface area contributed by atoms with Gasteiger partial charge in [0.1, 0.15) is 11.5 Å². The molecule has 1 fully saturated rings. The number of anilines is 1. The van der Waals surface area contributed by atoms with E-state index in [9.17, 15) is 14.7 Å². The Morgan fingerprint density at radius 2 is 1.65 bits per heavy atom. The van der Waals surface area contributed by atoms with E-state index in [-0.39, 0.29) is 11.3 Å². The zero-order valence-corrected chi connectivity index (χ0v) is 23.5. The first-order chi connectivity index (χ1) is 19.3. The normalized spacial score (nSPS) is 16.4. The summed E-state index contributed by atoms with van der Waals surface area (Å²) in [4.78, 5) is 33.2. The molecule has 206 valence electrons. The topological polar surface area (TPSA) is 107 Å². The predicted octanol–water partition coefficient (Wildman–Crippen LogP) is 5.66. The van der Waals surface area contributed by atoms with E-state index in [0.29, 0.717) is 51.4 Å². The Balaban J connectivity index is 1.75. The number of aliphatic hydroxyl groups excluding tert-OH is 1. The lowest BCUT2D eigenvalue weighted by Crippen LogP contribution is -2.29. The molecule has 1 atom stereocenters. The summed E-state index contributed by atoms with van der Waals surface area (Å²) in [7, 11) is 4.45. The summed E-state index contributed by atoms with van der Waals surface area (Å²) in [6.07, 6.45) is 0. The molecule has 1 N–H and O–H groups in total. The molecule has 1 aromatic heterocycles. The van der Waals surface area contributed by atoms with Crippen LogP contribution in [-0.2, 0) is 9.59 Å². The van der Waals surface area contributed by atoms with Gasteiger partial charge in [0.15, 0.2) is 16.6 Å². The first-order valence-electron chi connectivity index (χ1n) is 12.5. The maximum Gasteiger partial charge on any atom is 0.301 e. The van der Waals surface area contributed by atoms with Gasteiger partial charge in [-0.3, -0.25) is 14.5 Å². The van der Waals surface area contributed by atoms with Crippen LogP contribution in [0, 0.1) is 6.92 Å². The molecule has 2 heterocycles. The van der Waals surface area contributed by atoms with E-state index in [0.717, 1.165) is 10.3 Å². The summed E-state index contributed by atoms with van der Waals surface area (Å²) >= 11 is 1.25. The second-order valence-corrected chi connectivity index (χ2v) is 10.1. The minimum absolute atomic E-state index is 0.0719. The highest BCUT2D eigenvalue weighted by atomic mass is 32.1. The molecule has 1 aliphatic heterocycles. The van der Waals surface area contributed by atoms with Crippen molar-refractivity contribution in [2.24, 2.45) is 0 Å². The van der Waals surface area contributed by atoms with E-state index in [1.165, 1.54) is 37.6 Å². The van der Waals surface area contributed by atoms with Crippen LogP contribution in [0.5, 0.6) is 23.0 Å². The third-order valence-corrected chi connectivity index (χ3v) is 7.66. The van der Waals surface area contributed by atoms with Crippen molar-refractivity contribution in [2.75, 3.05) is 32.8 Å². The number of nitrogens with zero attached hydrogens (tertiary/aromatic N) is 2. The van der Waals surface area contributed by atoms with Gasteiger partial charge in [0.25, 0.3) is 5.78 Å². The van der Waals surface area contributed by atoms with Gasteiger partial charge >= 0.3 is 5.91 Å². The second kappa shape index (κ2) is 10.9. The Morgan fingerprint density at radius 3 is 2.25 bits per heavy atom. The number of carbonyl (C=O) groups excluding carboxylic acids is 2. The van der Waals surface area contributed by atoms with Crippen molar-refractivity contribution in [1.29, 1.82) is 0 Å². The molecule has 10 heteroatoms. The summed E-state index contributed by atoms with van der Waals surface area (Å²) in [5.41, 5.74) is 2.44. The molecule has 0 spiro atoms. The number of rotatable bonds is 8. The third-order valence-electron chi connectivity index (χ3n) is 6.64. The molecule has 4 aromatic rings. The van der Waals surface area contributed by atoms with Crippen molar-refractivity contribution in [3.63, 3.8) is 0 Å². The van der Waals surface area contributed by atoms with Crippen molar-refractivity contribution in [2.45, 2.75) is 19.9 Å². The van der Waals surface area contributed by atoms with Gasteiger partial charge in [-0.1, -0.05) is 41.2 Å². The van der Waals surface area contributed by atoms with Crippen LogP contribution < -0.4 is 23.8 Å². The Kier molecular flexibility index (Phi) is 7.36. The first-order valence-corrected chi connectivity index (χ1v) is 13.3. The van der Waals surface area contributed by atoms with E-state index < -0.39 is 17.7 Å². The second-order valence-electron chi connectivity index (χ2n) is 9.05. The van der Waals surface area contributed by atoms with Gasteiger partial charge in [-0.2, -0.15) is 0 Å². The van der Waals surface area contributed by atoms with Gasteiger partial charge in [-0.15, -0.1) is 0 Å². The highest BCUT2D eigenvalue weighted by Gasteiger charge is 2.48. The number of hydrogen-bond donors (Lipinski definition) is 1. The SMILES string of the molecule is CCOc1ccc2nc(N3C(=O)C(=O)/C(=C(/O)c4ccc(C)cc4)[C@@H]3c3cc(OC)c(OC)c(OC)c3)sc2c1. The van der Waals surface area contributed by atoms with Gasteiger partial charge in [-0.05, 0) is 49.7 Å². The van der Waals surface area contributed by atoms with Gasteiger partial charge < -0.3 is 24.1 Å². The molecule has 9 nitrogen and oxygen atoms in total. The van der Waals surface area contributed by atoms with Crippen molar-refractivity contribution in [3.8, 4) is 23.0 Å². The molecule has 0 aliphatic carbocycles. The van der Waals surface area contributed by atoms with E-state index in [4.69, 9.17) is 18.9 Å². The average molecular weight is 561 g/mol. The number of Topliss-reactive ketones (excluding diaryl/α,β-unsaturated/α-hetero) is 1. The van der Waals surface area contributed by atoms with Crippen LogP contribution in [-0.4, -0.2) is 49.7 Å². The number of ether oxygens (including phenoxy) is 4. The fourth-order valence-electron chi connectivity index (χ4n) is 4.72. The lowest BCUT2D eigenvalue weighted by molar-refractivity contribution is -0.132. The molecular weight excluding hydrogens is 532 g/mol. The number of carbonyl (C=O) groups is 2. The maximum absolute atomic E-state index is 13.7. The summed E-state index contributed by atoms with van der Waals surface area (Å²) < 4.78 is 23.0. The van der Waals surface area contributed by atoms with E-state index >= 15 is 0 Å². The predicted molar refractivity (Wildman–Crippen MR) is 153 cm³/mol. The molecule has 0 unspecified atom stereocenters. The monoisotopic (exact) mass is 560 g/mol. The first kappa shape index (κ1) is 27.0. The van der Waals surface area contributed by atoms with Crippen LogP contribution >= 0.6 is 11.3 Å². The summed E-state index contributed by atoms with van der Waals surface area (Å²) in [6.45, 7) is 4.32. The third kappa shape index (κ3) is 4.60. The van der Waals surface area contributed by atoms with Crippen LogP contribution in [0.25, 0.3) is 16.0 Å². The number of aryl methyl sites for hydroxylation is 1. The van der Waals surface area contributed by atoms with Gasteiger partial charge in [0.05, 0.1) is 49.8 Å². The molecule has 0 bridgehead atoms. The minimum Gasteiger partial charge on any atom is -0.507 e. The van der Waals surface area contributed by atoms with Gasteiger partial charge in [-0.25, -0.2) is 4.98 Å². The number of methoxy groups -OCH3 is 3. The van der Waals surface area contributed by atoms with Gasteiger partial charge in [0.2, 0.25) is 5.75 Å². The van der Waals surface area contributed by atoms with Crippen molar-refractivity contribution in [1.82, 2.24) is 4.98 Å². The molecule has 5 rings (SSSR count). The molecule has 0 saturated carbocycles. The van der Waals surface area contributed by atoms with E-state index in [1.807, 2.05) is 32.0 Å². The summed E-state index contributed by atoms with van der Waals surface area (Å²) in [5.74, 6) is -0.228. The Labute approximate surface area is 235 Å². The smallest absolute Gasteiger partial charge is 0.301 e. The van der Waals surface area contributed by atoms with Crippen LogP contribution in [0.4, 0.5) is 5.13 Å². The Hall–Kier alpha value is -4.57. The van der Waals surface area contributed by atoms with Crippen molar-refractivity contribution >= 4 is 44.1 Å². The Morgan fingerprint density at radius 1 is 0.975 bits per heavy atom. The minimum atomic E-state index is -1.03. The number of aromatic nitrogens is 1. The highest BCUT2D eigenvalue weighted by molar-refractivity contribution is 7.22. The van der Waals surface area contributed by atoms with E-state index in [2.05, 4.69) is 4.98 Å². The van der Waals surface area contributed by atoms with Crippen LogP contribution in [0.3, 0.4) is 0 Å². The molecule has 1 saturated heterocycles. The molecule has 3 aromatic carbocycles. The van der Waals surface area contributed by atoms with Gasteiger partial charge in [0, 0.05) is 5.56 Å². The average Bonchev–Trinajstić information content (AvgIpc) is 3.49. The number of fused-ring (bicyclic) bond motifs is 1. The number of hydrogen-bond acceptors (Lipinski definition) is 9. The van der Waals surface area contributed by atoms with Crippen LogP contribution in [0.1, 0.15) is 29.7 Å². The largest absolute Gasteiger partial charge is 0.507 e. The lowest BCUT2D eigenvalue weighted by atomic mass is 9.94. The molecule has 1 amide bonds. The highest BCUT2D eigenvalue weighted by Crippen LogP contribution is 2.48.